The Morgan fingerprint density at radius 3 is 2.06 bits per heavy atom. The second-order valence-electron chi connectivity index (χ2n) is 7.16. The average Bonchev–Trinajstić information content (AvgIpc) is 2.78. The van der Waals surface area contributed by atoms with Gasteiger partial charge in [-0.05, 0) is 25.8 Å². The molecule has 0 radical (unpaired) electrons. The number of aryl methyl sites for hydroxylation is 1. The molecule has 0 spiro atoms. The van der Waals surface area contributed by atoms with Crippen molar-refractivity contribution in [3.05, 3.63) is 53.6 Å². The van der Waals surface area contributed by atoms with Gasteiger partial charge in [0.05, 0.1) is 14.2 Å². The van der Waals surface area contributed by atoms with Gasteiger partial charge in [0.1, 0.15) is 23.3 Å². The van der Waals surface area contributed by atoms with Crippen molar-refractivity contribution in [3.8, 4) is 17.2 Å². The number of rotatable bonds is 11. The van der Waals surface area contributed by atoms with Crippen LogP contribution in [-0.2, 0) is 16.1 Å². The van der Waals surface area contributed by atoms with Crippen molar-refractivity contribution in [3.63, 3.8) is 0 Å². The third-order valence-electron chi connectivity index (χ3n) is 4.90. The van der Waals surface area contributed by atoms with Crippen LogP contribution in [0.5, 0.6) is 17.2 Å². The summed E-state index contributed by atoms with van der Waals surface area (Å²) in [6, 6.07) is 12.4. The Balaban J connectivity index is 2.22. The van der Waals surface area contributed by atoms with Crippen molar-refractivity contribution in [1.29, 1.82) is 0 Å². The molecule has 0 unspecified atom stereocenters. The van der Waals surface area contributed by atoms with E-state index in [0.717, 1.165) is 11.1 Å². The van der Waals surface area contributed by atoms with Gasteiger partial charge < -0.3 is 24.4 Å². The number of benzene rings is 2. The first kappa shape index (κ1) is 24.1. The molecule has 7 nitrogen and oxygen atoms in total. The summed E-state index contributed by atoms with van der Waals surface area (Å²) < 4.78 is 16.2. The van der Waals surface area contributed by atoms with Gasteiger partial charge in [-0.15, -0.1) is 0 Å². The van der Waals surface area contributed by atoms with Gasteiger partial charge in [-0.2, -0.15) is 0 Å². The lowest BCUT2D eigenvalue weighted by atomic mass is 10.1. The standard InChI is InChI=1S/C24H32N2O5/c1-6-22(24(28)25-7-2)26(15-18-10-8-17(3)9-11-18)23(27)16-31-21-13-19(29-4)12-20(14-21)30-5/h8-14,22H,6-7,15-16H2,1-5H3,(H,25,28)/t22-/m0/s1. The first-order valence-electron chi connectivity index (χ1n) is 10.4. The Hall–Kier alpha value is -3.22. The number of likely N-dealkylation sites (N-methyl/N-ethyl adjacent to an activating group) is 1. The fraction of sp³-hybridized carbons (Fsp3) is 0.417. The van der Waals surface area contributed by atoms with Gasteiger partial charge >= 0.3 is 0 Å². The van der Waals surface area contributed by atoms with E-state index in [-0.39, 0.29) is 18.4 Å². The second-order valence-corrected chi connectivity index (χ2v) is 7.16. The molecule has 2 aromatic carbocycles. The summed E-state index contributed by atoms with van der Waals surface area (Å²) in [7, 11) is 3.09. The highest BCUT2D eigenvalue weighted by atomic mass is 16.5. The van der Waals surface area contributed by atoms with Crippen LogP contribution in [0.2, 0.25) is 0 Å². The van der Waals surface area contributed by atoms with Gasteiger partial charge in [0.2, 0.25) is 5.91 Å². The van der Waals surface area contributed by atoms with Crippen LogP contribution in [0.25, 0.3) is 0 Å². The number of methoxy groups -OCH3 is 2. The van der Waals surface area contributed by atoms with Gasteiger partial charge in [0.25, 0.3) is 5.91 Å². The van der Waals surface area contributed by atoms with Gasteiger partial charge in [0, 0.05) is 31.3 Å². The van der Waals surface area contributed by atoms with Gasteiger partial charge in [-0.25, -0.2) is 0 Å². The largest absolute Gasteiger partial charge is 0.496 e. The normalized spacial score (nSPS) is 11.4. The predicted molar refractivity (Wildman–Crippen MR) is 120 cm³/mol. The molecule has 0 aliphatic rings. The van der Waals surface area contributed by atoms with Crippen molar-refractivity contribution in [2.24, 2.45) is 0 Å². The molecule has 2 aromatic rings. The van der Waals surface area contributed by atoms with Gasteiger partial charge in [-0.1, -0.05) is 36.8 Å². The summed E-state index contributed by atoms with van der Waals surface area (Å²) in [5.74, 6) is 1.12. The lowest BCUT2D eigenvalue weighted by Crippen LogP contribution is -2.50. The minimum absolute atomic E-state index is 0.173. The number of nitrogens with one attached hydrogen (secondary N) is 1. The van der Waals surface area contributed by atoms with E-state index in [4.69, 9.17) is 14.2 Å². The number of carbonyl (C=O) groups is 2. The Labute approximate surface area is 184 Å². The molecule has 2 amide bonds. The third-order valence-corrected chi connectivity index (χ3v) is 4.90. The average molecular weight is 429 g/mol. The number of hydrogen-bond acceptors (Lipinski definition) is 5. The third kappa shape index (κ3) is 6.91. The zero-order valence-electron chi connectivity index (χ0n) is 18.9. The SMILES string of the molecule is CCNC(=O)[C@H](CC)N(Cc1ccc(C)cc1)C(=O)COc1cc(OC)cc(OC)c1. The Morgan fingerprint density at radius 2 is 1.55 bits per heavy atom. The first-order chi connectivity index (χ1) is 14.9. The summed E-state index contributed by atoms with van der Waals surface area (Å²) in [6.07, 6.45) is 0.496. The van der Waals surface area contributed by atoms with Crippen LogP contribution in [0, 0.1) is 6.92 Å². The van der Waals surface area contributed by atoms with Crippen molar-refractivity contribution in [1.82, 2.24) is 10.2 Å². The summed E-state index contributed by atoms with van der Waals surface area (Å²) >= 11 is 0. The highest BCUT2D eigenvalue weighted by molar-refractivity contribution is 5.88. The molecular formula is C24H32N2O5. The van der Waals surface area contributed by atoms with Crippen LogP contribution in [0.1, 0.15) is 31.4 Å². The fourth-order valence-corrected chi connectivity index (χ4v) is 3.19. The van der Waals surface area contributed by atoms with E-state index in [9.17, 15) is 9.59 Å². The maximum absolute atomic E-state index is 13.2. The maximum atomic E-state index is 13.2. The molecule has 0 saturated heterocycles. The molecule has 0 fully saturated rings. The highest BCUT2D eigenvalue weighted by Gasteiger charge is 2.28. The molecule has 0 saturated carbocycles. The van der Waals surface area contributed by atoms with Crippen molar-refractivity contribution in [2.45, 2.75) is 39.8 Å². The Bertz CT molecular complexity index is 845. The highest BCUT2D eigenvalue weighted by Crippen LogP contribution is 2.27. The molecule has 0 aromatic heterocycles. The molecule has 0 aliphatic heterocycles. The summed E-state index contributed by atoms with van der Waals surface area (Å²) in [6.45, 7) is 6.37. The molecule has 1 atom stereocenters. The maximum Gasteiger partial charge on any atom is 0.261 e. The van der Waals surface area contributed by atoms with Crippen molar-refractivity contribution >= 4 is 11.8 Å². The minimum atomic E-state index is -0.586. The fourth-order valence-electron chi connectivity index (χ4n) is 3.19. The molecule has 0 heterocycles. The number of hydrogen-bond donors (Lipinski definition) is 1. The van der Waals surface area contributed by atoms with Gasteiger partial charge in [-0.3, -0.25) is 9.59 Å². The monoisotopic (exact) mass is 428 g/mol. The smallest absolute Gasteiger partial charge is 0.261 e. The molecule has 0 bridgehead atoms. The van der Waals surface area contributed by atoms with Crippen LogP contribution < -0.4 is 19.5 Å². The van der Waals surface area contributed by atoms with E-state index in [1.807, 2.05) is 45.0 Å². The number of carbonyl (C=O) groups excluding carboxylic acids is 2. The summed E-state index contributed by atoms with van der Waals surface area (Å²) in [5, 5.41) is 2.82. The van der Waals surface area contributed by atoms with Crippen LogP contribution in [0.4, 0.5) is 0 Å². The molecule has 2 rings (SSSR count). The van der Waals surface area contributed by atoms with Crippen LogP contribution in [0.3, 0.4) is 0 Å². The van der Waals surface area contributed by atoms with Gasteiger partial charge in [0.15, 0.2) is 6.61 Å². The molecule has 0 aliphatic carbocycles. The Kier molecular flexibility index (Phi) is 9.18. The van der Waals surface area contributed by atoms with Crippen LogP contribution >= 0.6 is 0 Å². The molecule has 168 valence electrons. The zero-order chi connectivity index (χ0) is 22.8. The zero-order valence-corrected chi connectivity index (χ0v) is 18.9. The molecule has 7 heteroatoms. The quantitative estimate of drug-likeness (QED) is 0.594. The topological polar surface area (TPSA) is 77.1 Å². The first-order valence-corrected chi connectivity index (χ1v) is 10.4. The Morgan fingerprint density at radius 1 is 0.968 bits per heavy atom. The number of nitrogens with zero attached hydrogens (tertiary/aromatic N) is 1. The summed E-state index contributed by atoms with van der Waals surface area (Å²) in [4.78, 5) is 27.4. The van der Waals surface area contributed by atoms with E-state index < -0.39 is 6.04 Å². The molecule has 31 heavy (non-hydrogen) atoms. The number of amides is 2. The predicted octanol–water partition coefficient (Wildman–Crippen LogP) is 3.33. The van der Waals surface area contributed by atoms with E-state index in [0.29, 0.717) is 36.8 Å². The number of ether oxygens (including phenoxy) is 3. The lowest BCUT2D eigenvalue weighted by molar-refractivity contribution is -0.142. The van der Waals surface area contributed by atoms with E-state index in [1.165, 1.54) is 0 Å². The van der Waals surface area contributed by atoms with Crippen molar-refractivity contribution < 1.29 is 23.8 Å². The van der Waals surface area contributed by atoms with Crippen LogP contribution in [-0.4, -0.2) is 50.1 Å². The molecule has 1 N–H and O–H groups in total. The van der Waals surface area contributed by atoms with E-state index >= 15 is 0 Å². The summed E-state index contributed by atoms with van der Waals surface area (Å²) in [5.41, 5.74) is 2.08. The second kappa shape index (κ2) is 11.8. The van der Waals surface area contributed by atoms with Crippen LogP contribution in [0.15, 0.2) is 42.5 Å². The minimum Gasteiger partial charge on any atom is -0.496 e. The van der Waals surface area contributed by atoms with E-state index in [2.05, 4.69) is 5.32 Å². The molecular weight excluding hydrogens is 396 g/mol. The lowest BCUT2D eigenvalue weighted by Gasteiger charge is -2.30. The van der Waals surface area contributed by atoms with E-state index in [1.54, 1.807) is 37.3 Å². The van der Waals surface area contributed by atoms with Crippen molar-refractivity contribution in [2.75, 3.05) is 27.4 Å².